The van der Waals surface area contributed by atoms with Crippen LogP contribution in [0, 0.1) is 5.41 Å². The first-order valence-corrected chi connectivity index (χ1v) is 10.5. The van der Waals surface area contributed by atoms with Gasteiger partial charge in [0.15, 0.2) is 0 Å². The number of aromatic nitrogens is 1. The third-order valence-corrected chi connectivity index (χ3v) is 7.09. The summed E-state index contributed by atoms with van der Waals surface area (Å²) < 4.78 is 0. The summed E-state index contributed by atoms with van der Waals surface area (Å²) in [6.07, 6.45) is 4.85. The molecule has 1 spiro atoms. The van der Waals surface area contributed by atoms with E-state index in [1.54, 1.807) is 5.51 Å². The Hall–Kier alpha value is -1.24. The number of rotatable bonds is 3. The molecule has 4 nitrogen and oxygen atoms in total. The maximum atomic E-state index is 12.4. The molecule has 0 aliphatic carbocycles. The first-order chi connectivity index (χ1) is 11.7. The van der Waals surface area contributed by atoms with Crippen molar-refractivity contribution < 1.29 is 4.79 Å². The normalized spacial score (nSPS) is 21.2. The monoisotopic (exact) mass is 361 g/mol. The van der Waals surface area contributed by atoms with Crippen molar-refractivity contribution in [3.8, 4) is 0 Å². The highest BCUT2D eigenvalue weighted by molar-refractivity contribution is 7.09. The zero-order valence-electron chi connectivity index (χ0n) is 13.8. The van der Waals surface area contributed by atoms with Gasteiger partial charge in [-0.05, 0) is 55.6 Å². The largest absolute Gasteiger partial charge is 0.337 e. The van der Waals surface area contributed by atoms with Crippen LogP contribution in [0.2, 0.25) is 0 Å². The van der Waals surface area contributed by atoms with E-state index >= 15 is 0 Å². The topological polar surface area (TPSA) is 36.4 Å². The first-order valence-electron chi connectivity index (χ1n) is 8.66. The predicted molar refractivity (Wildman–Crippen MR) is 98.5 cm³/mol. The molecule has 6 heteroatoms. The van der Waals surface area contributed by atoms with E-state index in [-0.39, 0.29) is 5.91 Å². The molecular weight excluding hydrogens is 338 g/mol. The van der Waals surface area contributed by atoms with E-state index in [1.165, 1.54) is 42.1 Å². The molecule has 0 aromatic carbocycles. The minimum absolute atomic E-state index is 0.112. The lowest BCUT2D eigenvalue weighted by molar-refractivity contribution is 0.0285. The SMILES string of the molecule is O=C(c1cscn1)N1CCC2(CCN(Cc3cccs3)CC2)CC1. The van der Waals surface area contributed by atoms with Crippen molar-refractivity contribution in [1.29, 1.82) is 0 Å². The smallest absolute Gasteiger partial charge is 0.273 e. The maximum absolute atomic E-state index is 12.4. The molecule has 2 aliphatic heterocycles. The van der Waals surface area contributed by atoms with Crippen LogP contribution in [0.25, 0.3) is 0 Å². The van der Waals surface area contributed by atoms with Crippen LogP contribution in [0.5, 0.6) is 0 Å². The summed E-state index contributed by atoms with van der Waals surface area (Å²) >= 11 is 3.35. The third kappa shape index (κ3) is 3.41. The molecule has 0 bridgehead atoms. The van der Waals surface area contributed by atoms with Gasteiger partial charge in [0.25, 0.3) is 5.91 Å². The van der Waals surface area contributed by atoms with Crippen LogP contribution in [0.4, 0.5) is 0 Å². The Morgan fingerprint density at radius 1 is 1.17 bits per heavy atom. The van der Waals surface area contributed by atoms with Crippen molar-refractivity contribution in [2.45, 2.75) is 32.2 Å². The van der Waals surface area contributed by atoms with Crippen molar-refractivity contribution in [3.05, 3.63) is 39.0 Å². The van der Waals surface area contributed by atoms with Gasteiger partial charge >= 0.3 is 0 Å². The lowest BCUT2D eigenvalue weighted by Crippen LogP contribution is -2.48. The van der Waals surface area contributed by atoms with E-state index in [0.29, 0.717) is 11.1 Å². The van der Waals surface area contributed by atoms with Crippen molar-refractivity contribution >= 4 is 28.6 Å². The number of carbonyl (C=O) groups is 1. The molecule has 1 amide bonds. The highest BCUT2D eigenvalue weighted by Crippen LogP contribution is 2.41. The fourth-order valence-electron chi connectivity index (χ4n) is 3.97. The van der Waals surface area contributed by atoms with Gasteiger partial charge < -0.3 is 4.90 Å². The zero-order valence-corrected chi connectivity index (χ0v) is 15.5. The van der Waals surface area contributed by atoms with Crippen LogP contribution in [0.1, 0.15) is 41.0 Å². The molecule has 2 aliphatic rings. The number of piperidine rings is 2. The van der Waals surface area contributed by atoms with Gasteiger partial charge in [-0.1, -0.05) is 6.07 Å². The molecular formula is C18H23N3OS2. The third-order valence-electron chi connectivity index (χ3n) is 5.64. The van der Waals surface area contributed by atoms with Crippen LogP contribution in [-0.2, 0) is 6.54 Å². The number of likely N-dealkylation sites (tertiary alicyclic amines) is 2. The van der Waals surface area contributed by atoms with E-state index in [1.807, 2.05) is 21.6 Å². The summed E-state index contributed by atoms with van der Waals surface area (Å²) in [5.74, 6) is 0.112. The molecule has 2 fully saturated rings. The highest BCUT2D eigenvalue weighted by Gasteiger charge is 2.38. The van der Waals surface area contributed by atoms with E-state index < -0.39 is 0 Å². The predicted octanol–water partition coefficient (Wildman–Crippen LogP) is 3.72. The second-order valence-corrected chi connectivity index (χ2v) is 8.77. The Morgan fingerprint density at radius 3 is 2.54 bits per heavy atom. The number of hydrogen-bond donors (Lipinski definition) is 0. The molecule has 2 saturated heterocycles. The highest BCUT2D eigenvalue weighted by atomic mass is 32.1. The lowest BCUT2D eigenvalue weighted by atomic mass is 9.71. The minimum Gasteiger partial charge on any atom is -0.337 e. The van der Waals surface area contributed by atoms with Crippen molar-refractivity contribution in [2.24, 2.45) is 5.41 Å². The Morgan fingerprint density at radius 2 is 1.92 bits per heavy atom. The van der Waals surface area contributed by atoms with Crippen LogP contribution < -0.4 is 0 Å². The van der Waals surface area contributed by atoms with Crippen LogP contribution >= 0.6 is 22.7 Å². The zero-order chi connectivity index (χ0) is 16.4. The Balaban J connectivity index is 1.29. The number of carbonyl (C=O) groups excluding carboxylic acids is 1. The van der Waals surface area contributed by atoms with Crippen LogP contribution in [0.15, 0.2) is 28.4 Å². The van der Waals surface area contributed by atoms with Gasteiger partial charge in [0.05, 0.1) is 5.51 Å². The van der Waals surface area contributed by atoms with Crippen molar-refractivity contribution in [1.82, 2.24) is 14.8 Å². The average Bonchev–Trinajstić information content (AvgIpc) is 3.31. The van der Waals surface area contributed by atoms with Gasteiger partial charge in [-0.3, -0.25) is 9.69 Å². The number of thiophene rings is 1. The summed E-state index contributed by atoms with van der Waals surface area (Å²) in [6.45, 7) is 5.26. The van der Waals surface area contributed by atoms with Gasteiger partial charge in [0.1, 0.15) is 5.69 Å². The van der Waals surface area contributed by atoms with Crippen LogP contribution in [0.3, 0.4) is 0 Å². The molecule has 2 aromatic heterocycles. The van der Waals surface area contributed by atoms with Crippen molar-refractivity contribution in [3.63, 3.8) is 0 Å². The Kier molecular flexibility index (Phi) is 4.70. The summed E-state index contributed by atoms with van der Waals surface area (Å²) in [5, 5.41) is 4.02. The summed E-state index contributed by atoms with van der Waals surface area (Å²) in [7, 11) is 0. The molecule has 0 unspecified atom stereocenters. The molecule has 4 rings (SSSR count). The summed E-state index contributed by atoms with van der Waals surface area (Å²) in [4.78, 5) is 22.6. The number of amides is 1. The van der Waals surface area contributed by atoms with E-state index in [2.05, 4.69) is 27.4 Å². The Labute approximate surface area is 151 Å². The van der Waals surface area contributed by atoms with Gasteiger partial charge in [-0.15, -0.1) is 22.7 Å². The van der Waals surface area contributed by atoms with Gasteiger partial charge in [-0.25, -0.2) is 4.98 Å². The van der Waals surface area contributed by atoms with E-state index in [0.717, 1.165) is 32.5 Å². The number of nitrogens with zero attached hydrogens (tertiary/aromatic N) is 3. The summed E-state index contributed by atoms with van der Waals surface area (Å²) in [5.41, 5.74) is 2.81. The molecule has 0 radical (unpaired) electrons. The van der Waals surface area contributed by atoms with E-state index in [4.69, 9.17) is 0 Å². The maximum Gasteiger partial charge on any atom is 0.273 e. The lowest BCUT2D eigenvalue weighted by Gasteiger charge is -2.46. The van der Waals surface area contributed by atoms with E-state index in [9.17, 15) is 4.79 Å². The Bertz CT molecular complexity index is 651. The fraction of sp³-hybridized carbons (Fsp3) is 0.556. The van der Waals surface area contributed by atoms with Crippen molar-refractivity contribution in [2.75, 3.05) is 26.2 Å². The minimum atomic E-state index is 0.112. The first kappa shape index (κ1) is 16.2. The fourth-order valence-corrected chi connectivity index (χ4v) is 5.24. The summed E-state index contributed by atoms with van der Waals surface area (Å²) in [6, 6.07) is 4.37. The standard InChI is InChI=1S/C18H23N3OS2/c22-17(16-13-23-14-19-16)21-9-5-18(6-10-21)3-7-20(8-4-18)12-15-2-1-11-24-15/h1-2,11,13-14H,3-10,12H2. The van der Waals surface area contributed by atoms with Crippen LogP contribution in [-0.4, -0.2) is 46.9 Å². The average molecular weight is 362 g/mol. The molecule has 0 N–H and O–H groups in total. The van der Waals surface area contributed by atoms with Gasteiger partial charge in [0, 0.05) is 29.9 Å². The quantitative estimate of drug-likeness (QED) is 0.836. The second kappa shape index (κ2) is 6.94. The molecule has 24 heavy (non-hydrogen) atoms. The molecule has 2 aromatic rings. The second-order valence-electron chi connectivity index (χ2n) is 7.02. The van der Waals surface area contributed by atoms with Gasteiger partial charge in [0.2, 0.25) is 0 Å². The molecule has 0 saturated carbocycles. The molecule has 128 valence electrons. The number of hydrogen-bond acceptors (Lipinski definition) is 5. The number of thiazole rings is 1. The molecule has 0 atom stereocenters. The van der Waals surface area contributed by atoms with Gasteiger partial charge in [-0.2, -0.15) is 0 Å². The molecule has 4 heterocycles.